The zero-order valence-corrected chi connectivity index (χ0v) is 15.5. The zero-order valence-electron chi connectivity index (χ0n) is 15.5. The number of hydrogen-bond acceptors (Lipinski definition) is 4. The van der Waals surface area contributed by atoms with Gasteiger partial charge in [-0.15, -0.1) is 0 Å². The maximum atomic E-state index is 8.65. The number of hydrogen-bond donors (Lipinski definition) is 4. The Morgan fingerprint density at radius 3 is 1.52 bits per heavy atom. The molecule has 0 aromatic heterocycles. The van der Waals surface area contributed by atoms with Gasteiger partial charge < -0.3 is 20.8 Å². The molecule has 0 bridgehead atoms. The van der Waals surface area contributed by atoms with E-state index in [-0.39, 0.29) is 13.5 Å². The fourth-order valence-electron chi connectivity index (χ4n) is 1.15. The number of aryl methyl sites for hydroxylation is 1. The molecule has 128 valence electrons. The Bertz CT molecular complexity index is 279. The van der Waals surface area contributed by atoms with Crippen molar-refractivity contribution in [2.75, 3.05) is 24.1 Å². The van der Waals surface area contributed by atoms with Crippen molar-refractivity contribution in [1.82, 2.24) is 0 Å². The molecule has 0 atom stereocenters. The molecule has 0 amide bonds. The Hall–Kier alpha value is -1.26. The Morgan fingerprint density at radius 2 is 1.19 bits per heavy atom. The second-order valence-electron chi connectivity index (χ2n) is 2.70. The molecule has 0 saturated heterocycles. The summed E-state index contributed by atoms with van der Waals surface area (Å²) in [5.41, 5.74) is 2.78. The van der Waals surface area contributed by atoms with Crippen molar-refractivity contribution in [3.05, 3.63) is 23.8 Å². The third kappa shape index (κ3) is 16.7. The first-order chi connectivity index (χ1) is 10.3. The van der Waals surface area contributed by atoms with E-state index in [9.17, 15) is 0 Å². The van der Waals surface area contributed by atoms with Gasteiger partial charge in [0, 0.05) is 11.4 Å². The number of aliphatic hydroxyl groups excluding tert-OH is 2. The number of anilines is 2. The van der Waals surface area contributed by atoms with Gasteiger partial charge in [0.25, 0.3) is 0 Å². The molecule has 1 aromatic rings. The molecule has 0 heterocycles. The molecule has 0 saturated carbocycles. The average molecular weight is 303 g/mol. The van der Waals surface area contributed by atoms with E-state index >= 15 is 0 Å². The molecule has 0 radical (unpaired) electrons. The van der Waals surface area contributed by atoms with Gasteiger partial charge in [-0.05, 0) is 30.7 Å². The van der Waals surface area contributed by atoms with E-state index in [0.29, 0.717) is 0 Å². The standard InChI is InChI=1S/C9H14N2O2.4C2H6/c1-7-4-8(10-5-12)2-3-9(7)11-6-13;4*1-2/h2-4,10-13H,5-6H2,1H3;4*1-2H3. The van der Waals surface area contributed by atoms with E-state index in [1.54, 1.807) is 0 Å². The minimum Gasteiger partial charge on any atom is -0.377 e. The molecule has 0 spiro atoms. The summed E-state index contributed by atoms with van der Waals surface area (Å²) in [5, 5.41) is 22.9. The predicted molar refractivity (Wildman–Crippen MR) is 98.0 cm³/mol. The van der Waals surface area contributed by atoms with E-state index in [0.717, 1.165) is 16.9 Å². The van der Waals surface area contributed by atoms with Crippen molar-refractivity contribution in [2.45, 2.75) is 62.3 Å². The van der Waals surface area contributed by atoms with Crippen LogP contribution in [0.4, 0.5) is 11.4 Å². The van der Waals surface area contributed by atoms with Crippen molar-refractivity contribution in [2.24, 2.45) is 0 Å². The molecule has 4 nitrogen and oxygen atoms in total. The molecule has 0 fully saturated rings. The Balaban J connectivity index is -0.000000156. The van der Waals surface area contributed by atoms with Crippen molar-refractivity contribution >= 4 is 11.4 Å². The third-order valence-electron chi connectivity index (χ3n) is 1.78. The number of aliphatic hydroxyl groups is 2. The van der Waals surface area contributed by atoms with E-state index in [2.05, 4.69) is 10.6 Å². The highest BCUT2D eigenvalue weighted by molar-refractivity contribution is 5.58. The van der Waals surface area contributed by atoms with Gasteiger partial charge in [0.15, 0.2) is 0 Å². The first kappa shape index (κ1) is 28.0. The molecule has 0 aliphatic rings. The summed E-state index contributed by atoms with van der Waals surface area (Å²) in [4.78, 5) is 0. The highest BCUT2D eigenvalue weighted by Crippen LogP contribution is 2.18. The van der Waals surface area contributed by atoms with Gasteiger partial charge >= 0.3 is 0 Å². The van der Waals surface area contributed by atoms with Crippen LogP contribution in [0.5, 0.6) is 0 Å². The summed E-state index contributed by atoms with van der Waals surface area (Å²) >= 11 is 0. The predicted octanol–water partition coefficient (Wildman–Crippen LogP) is 4.82. The first-order valence-electron chi connectivity index (χ1n) is 8.08. The van der Waals surface area contributed by atoms with Gasteiger partial charge in [0.05, 0.1) is 0 Å². The van der Waals surface area contributed by atoms with Crippen LogP contribution in [-0.4, -0.2) is 23.7 Å². The van der Waals surface area contributed by atoms with Crippen LogP contribution in [-0.2, 0) is 0 Å². The average Bonchev–Trinajstić information content (AvgIpc) is 2.58. The van der Waals surface area contributed by atoms with Gasteiger partial charge in [-0.1, -0.05) is 55.4 Å². The lowest BCUT2D eigenvalue weighted by atomic mass is 10.2. The van der Waals surface area contributed by atoms with Gasteiger partial charge in [-0.2, -0.15) is 0 Å². The summed E-state index contributed by atoms with van der Waals surface area (Å²) in [6.07, 6.45) is 0. The second-order valence-corrected chi connectivity index (χ2v) is 2.70. The topological polar surface area (TPSA) is 64.5 Å². The summed E-state index contributed by atoms with van der Waals surface area (Å²) in [6, 6.07) is 5.58. The summed E-state index contributed by atoms with van der Waals surface area (Å²) < 4.78 is 0. The fraction of sp³-hybridized carbons (Fsp3) is 0.647. The molecular formula is C17H38N2O2. The lowest BCUT2D eigenvalue weighted by Crippen LogP contribution is -2.03. The van der Waals surface area contributed by atoms with Crippen LogP contribution in [0.25, 0.3) is 0 Å². The van der Waals surface area contributed by atoms with Crippen LogP contribution in [0.15, 0.2) is 18.2 Å². The maximum Gasteiger partial charge on any atom is 0.113 e. The van der Waals surface area contributed by atoms with Crippen LogP contribution in [0, 0.1) is 6.92 Å². The molecule has 0 aliphatic heterocycles. The number of benzene rings is 1. The zero-order chi connectivity index (χ0) is 17.7. The van der Waals surface area contributed by atoms with Crippen molar-refractivity contribution < 1.29 is 10.2 Å². The normalized spacial score (nSPS) is 7.19. The van der Waals surface area contributed by atoms with Crippen molar-refractivity contribution in [1.29, 1.82) is 0 Å². The Morgan fingerprint density at radius 1 is 0.762 bits per heavy atom. The highest BCUT2D eigenvalue weighted by atomic mass is 16.3. The van der Waals surface area contributed by atoms with Crippen LogP contribution < -0.4 is 10.6 Å². The van der Waals surface area contributed by atoms with Crippen LogP contribution >= 0.6 is 0 Å². The van der Waals surface area contributed by atoms with Gasteiger partial charge in [-0.25, -0.2) is 0 Å². The quantitative estimate of drug-likeness (QED) is 0.602. The second kappa shape index (κ2) is 27.1. The van der Waals surface area contributed by atoms with E-state index in [1.807, 2.05) is 80.5 Å². The fourth-order valence-corrected chi connectivity index (χ4v) is 1.15. The molecule has 0 aliphatic carbocycles. The molecule has 4 heteroatoms. The number of rotatable bonds is 4. The Labute approximate surface area is 132 Å². The third-order valence-corrected chi connectivity index (χ3v) is 1.78. The maximum absolute atomic E-state index is 8.65. The molecule has 1 rings (SSSR count). The minimum atomic E-state index is -0.0772. The smallest absolute Gasteiger partial charge is 0.113 e. The van der Waals surface area contributed by atoms with E-state index < -0.39 is 0 Å². The largest absolute Gasteiger partial charge is 0.377 e. The van der Waals surface area contributed by atoms with Gasteiger partial charge in [0.2, 0.25) is 0 Å². The van der Waals surface area contributed by atoms with Crippen molar-refractivity contribution in [3.8, 4) is 0 Å². The van der Waals surface area contributed by atoms with Crippen LogP contribution in [0.2, 0.25) is 0 Å². The highest BCUT2D eigenvalue weighted by Gasteiger charge is 1.97. The SMILES string of the molecule is CC.CC.CC.CC.Cc1cc(NCO)ccc1NCO. The molecule has 4 N–H and O–H groups in total. The summed E-state index contributed by atoms with van der Waals surface area (Å²) in [7, 11) is 0. The van der Waals surface area contributed by atoms with Crippen molar-refractivity contribution in [3.63, 3.8) is 0 Å². The summed E-state index contributed by atoms with van der Waals surface area (Å²) in [5.74, 6) is 0. The first-order valence-corrected chi connectivity index (χ1v) is 8.08. The lowest BCUT2D eigenvalue weighted by molar-refractivity contribution is 0.325. The van der Waals surface area contributed by atoms with Crippen LogP contribution in [0.1, 0.15) is 61.0 Å². The van der Waals surface area contributed by atoms with Gasteiger partial charge in [-0.3, -0.25) is 0 Å². The van der Waals surface area contributed by atoms with E-state index in [1.165, 1.54) is 0 Å². The van der Waals surface area contributed by atoms with E-state index in [4.69, 9.17) is 10.2 Å². The number of nitrogens with one attached hydrogen (secondary N) is 2. The molecular weight excluding hydrogens is 264 g/mol. The molecule has 1 aromatic carbocycles. The molecule has 0 unspecified atom stereocenters. The lowest BCUT2D eigenvalue weighted by Gasteiger charge is -2.09. The van der Waals surface area contributed by atoms with Gasteiger partial charge in [0.1, 0.15) is 13.5 Å². The molecule has 21 heavy (non-hydrogen) atoms. The summed E-state index contributed by atoms with van der Waals surface area (Å²) in [6.45, 7) is 17.8. The monoisotopic (exact) mass is 302 g/mol. The Kier molecular flexibility index (Phi) is 36.2. The minimum absolute atomic E-state index is 0.0758. The van der Waals surface area contributed by atoms with Crippen LogP contribution in [0.3, 0.4) is 0 Å².